The fraction of sp³-hybridized carbons (Fsp3) is 0.235. The number of aryl methyl sites for hydroxylation is 1. The summed E-state index contributed by atoms with van der Waals surface area (Å²) in [6.45, 7) is 1.74. The lowest BCUT2D eigenvalue weighted by Crippen LogP contribution is -2.48. The Bertz CT molecular complexity index is 770. The molecule has 0 bridgehead atoms. The number of carbonyl (C=O) groups is 1. The lowest BCUT2D eigenvalue weighted by atomic mass is 10.1. The molecule has 0 radical (unpaired) electrons. The second kappa shape index (κ2) is 7.47. The summed E-state index contributed by atoms with van der Waals surface area (Å²) in [5.41, 5.74) is 10.6. The molecule has 2 unspecified atom stereocenters. The van der Waals surface area contributed by atoms with Crippen LogP contribution in [0.15, 0.2) is 42.5 Å². The molecule has 8 heteroatoms. The highest BCUT2D eigenvalue weighted by molar-refractivity contribution is 5.96. The summed E-state index contributed by atoms with van der Waals surface area (Å²) in [7, 11) is 1.59. The van der Waals surface area contributed by atoms with Crippen molar-refractivity contribution in [2.45, 2.75) is 19.1 Å². The molecule has 2 aromatic rings. The van der Waals surface area contributed by atoms with E-state index in [4.69, 9.17) is 4.74 Å². The molecule has 1 saturated heterocycles. The molecule has 0 spiro atoms. The largest absolute Gasteiger partial charge is 0.497 e. The minimum Gasteiger partial charge on any atom is -0.497 e. The van der Waals surface area contributed by atoms with Crippen LogP contribution in [0.4, 0.5) is 15.8 Å². The summed E-state index contributed by atoms with van der Waals surface area (Å²) in [5.74, 6) is 0.120. The highest BCUT2D eigenvalue weighted by Crippen LogP contribution is 2.19. The van der Waals surface area contributed by atoms with Crippen LogP contribution < -0.4 is 31.8 Å². The molecule has 25 heavy (non-hydrogen) atoms. The van der Waals surface area contributed by atoms with E-state index in [1.807, 2.05) is 24.3 Å². The topological polar surface area (TPSA) is 86.5 Å². The Morgan fingerprint density at radius 1 is 1.20 bits per heavy atom. The van der Waals surface area contributed by atoms with Gasteiger partial charge >= 0.3 is 0 Å². The molecule has 1 amide bonds. The number of hydrazine groups is 2. The summed E-state index contributed by atoms with van der Waals surface area (Å²) in [6.07, 6.45) is -0.395. The Balaban J connectivity index is 1.69. The molecular weight excluding hydrogens is 325 g/mol. The molecule has 2 aromatic carbocycles. The zero-order valence-electron chi connectivity index (χ0n) is 13.9. The van der Waals surface area contributed by atoms with Crippen LogP contribution in [0.1, 0.15) is 5.56 Å². The number of carbonyl (C=O) groups excluding carboxylic acids is 1. The van der Waals surface area contributed by atoms with Gasteiger partial charge in [-0.05, 0) is 42.8 Å². The fourth-order valence-corrected chi connectivity index (χ4v) is 2.57. The number of nitrogens with one attached hydrogen (secondary N) is 5. The summed E-state index contributed by atoms with van der Waals surface area (Å²) in [4.78, 5) is 12.6. The number of anilines is 2. The third-order valence-corrected chi connectivity index (χ3v) is 3.91. The molecule has 1 aliphatic heterocycles. The molecule has 132 valence electrons. The highest BCUT2D eigenvalue weighted by atomic mass is 19.1. The molecule has 0 aliphatic carbocycles. The van der Waals surface area contributed by atoms with E-state index in [0.29, 0.717) is 17.0 Å². The first kappa shape index (κ1) is 17.2. The predicted octanol–water partition coefficient (Wildman–Crippen LogP) is 1.50. The van der Waals surface area contributed by atoms with Gasteiger partial charge in [-0.1, -0.05) is 6.07 Å². The van der Waals surface area contributed by atoms with E-state index < -0.39 is 12.2 Å². The van der Waals surface area contributed by atoms with E-state index in [0.717, 1.165) is 5.69 Å². The maximum atomic E-state index is 13.2. The van der Waals surface area contributed by atoms with E-state index in [9.17, 15) is 9.18 Å². The van der Waals surface area contributed by atoms with Crippen LogP contribution in [0.3, 0.4) is 0 Å². The van der Waals surface area contributed by atoms with Crippen molar-refractivity contribution in [2.24, 2.45) is 0 Å². The number of hydrogen-bond donors (Lipinski definition) is 5. The third-order valence-electron chi connectivity index (χ3n) is 3.91. The average Bonchev–Trinajstić information content (AvgIpc) is 3.05. The van der Waals surface area contributed by atoms with Gasteiger partial charge in [0.25, 0.3) is 0 Å². The molecule has 1 aliphatic rings. The van der Waals surface area contributed by atoms with Gasteiger partial charge < -0.3 is 15.4 Å². The van der Waals surface area contributed by atoms with E-state index in [2.05, 4.69) is 27.0 Å². The van der Waals surface area contributed by atoms with Crippen molar-refractivity contribution >= 4 is 17.3 Å². The van der Waals surface area contributed by atoms with Crippen LogP contribution in [0.5, 0.6) is 5.75 Å². The lowest BCUT2D eigenvalue weighted by molar-refractivity contribution is -0.118. The van der Waals surface area contributed by atoms with Gasteiger partial charge in [0.05, 0.1) is 7.11 Å². The standard InChI is InChI=1S/C17H20FN5O2/c1-10-8-11(18)6-7-14(10)20-17(24)15-16(22-23-21-15)19-12-4-3-5-13(9-12)25-2/h3-9,15-16,19,21-23H,1-2H3,(H,20,24). The van der Waals surface area contributed by atoms with Gasteiger partial charge in [0, 0.05) is 17.4 Å². The first-order valence-corrected chi connectivity index (χ1v) is 7.80. The van der Waals surface area contributed by atoms with Gasteiger partial charge in [0.2, 0.25) is 5.91 Å². The number of halogens is 1. The van der Waals surface area contributed by atoms with Crippen LogP contribution in [0.25, 0.3) is 0 Å². The first-order valence-electron chi connectivity index (χ1n) is 7.80. The number of methoxy groups -OCH3 is 1. The smallest absolute Gasteiger partial charge is 0.246 e. The van der Waals surface area contributed by atoms with E-state index in [1.54, 1.807) is 20.1 Å². The summed E-state index contributed by atoms with van der Waals surface area (Å²) >= 11 is 0. The van der Waals surface area contributed by atoms with Crippen LogP contribution >= 0.6 is 0 Å². The molecule has 2 atom stereocenters. The molecule has 5 N–H and O–H groups in total. The van der Waals surface area contributed by atoms with Gasteiger partial charge in [-0.15, -0.1) is 0 Å². The van der Waals surface area contributed by atoms with Gasteiger partial charge in [0.1, 0.15) is 23.8 Å². The quantitative estimate of drug-likeness (QED) is 0.565. The third kappa shape index (κ3) is 4.05. The minimum atomic E-state index is -0.587. The Hall–Kier alpha value is -2.68. The Kier molecular flexibility index (Phi) is 5.13. The monoisotopic (exact) mass is 345 g/mol. The Labute approximate surface area is 144 Å². The van der Waals surface area contributed by atoms with Crippen LogP contribution in [-0.2, 0) is 4.79 Å². The number of hydrogen-bond acceptors (Lipinski definition) is 6. The minimum absolute atomic E-state index is 0.257. The summed E-state index contributed by atoms with van der Waals surface area (Å²) in [6, 6.07) is 11.0. The van der Waals surface area contributed by atoms with Crippen molar-refractivity contribution in [3.8, 4) is 5.75 Å². The average molecular weight is 345 g/mol. The van der Waals surface area contributed by atoms with Crippen LogP contribution in [0.2, 0.25) is 0 Å². The van der Waals surface area contributed by atoms with E-state index in [1.165, 1.54) is 12.1 Å². The van der Waals surface area contributed by atoms with Crippen LogP contribution in [0, 0.1) is 12.7 Å². The number of rotatable bonds is 5. The molecular formula is C17H20FN5O2. The normalized spacial score (nSPS) is 19.5. The second-order valence-corrected chi connectivity index (χ2v) is 5.69. The molecule has 1 fully saturated rings. The van der Waals surface area contributed by atoms with Crippen LogP contribution in [-0.4, -0.2) is 25.2 Å². The zero-order valence-corrected chi connectivity index (χ0v) is 13.9. The van der Waals surface area contributed by atoms with E-state index in [-0.39, 0.29) is 11.7 Å². The number of ether oxygens (including phenoxy) is 1. The van der Waals surface area contributed by atoms with Crippen molar-refractivity contribution in [1.82, 2.24) is 16.4 Å². The second-order valence-electron chi connectivity index (χ2n) is 5.69. The van der Waals surface area contributed by atoms with Crippen molar-refractivity contribution in [3.63, 3.8) is 0 Å². The van der Waals surface area contributed by atoms with Crippen molar-refractivity contribution < 1.29 is 13.9 Å². The van der Waals surface area contributed by atoms with Gasteiger partial charge in [-0.25, -0.2) is 15.2 Å². The van der Waals surface area contributed by atoms with Crippen molar-refractivity contribution in [2.75, 3.05) is 17.7 Å². The van der Waals surface area contributed by atoms with Gasteiger partial charge in [-0.3, -0.25) is 4.79 Å². The van der Waals surface area contributed by atoms with Gasteiger partial charge in [-0.2, -0.15) is 5.53 Å². The van der Waals surface area contributed by atoms with E-state index >= 15 is 0 Å². The van der Waals surface area contributed by atoms with Crippen molar-refractivity contribution in [3.05, 3.63) is 53.8 Å². The summed E-state index contributed by atoms with van der Waals surface area (Å²) < 4.78 is 18.4. The Morgan fingerprint density at radius 2 is 2.04 bits per heavy atom. The molecule has 1 heterocycles. The molecule has 3 rings (SSSR count). The van der Waals surface area contributed by atoms with Gasteiger partial charge in [0.15, 0.2) is 0 Å². The fourth-order valence-electron chi connectivity index (χ4n) is 2.57. The number of amides is 1. The SMILES string of the molecule is COc1cccc(NC2NNNC2C(=O)Nc2ccc(F)cc2C)c1. The van der Waals surface area contributed by atoms with Crippen molar-refractivity contribution in [1.29, 1.82) is 0 Å². The highest BCUT2D eigenvalue weighted by Gasteiger charge is 2.33. The zero-order chi connectivity index (χ0) is 17.8. The number of benzene rings is 2. The predicted molar refractivity (Wildman–Crippen MR) is 93.4 cm³/mol. The Morgan fingerprint density at radius 3 is 2.80 bits per heavy atom. The molecule has 0 saturated carbocycles. The first-order chi connectivity index (χ1) is 12.1. The maximum Gasteiger partial charge on any atom is 0.246 e. The molecule has 7 nitrogen and oxygen atoms in total. The lowest BCUT2D eigenvalue weighted by Gasteiger charge is -2.20. The summed E-state index contributed by atoms with van der Waals surface area (Å²) in [5, 5.41) is 6.02. The maximum absolute atomic E-state index is 13.2. The molecule has 0 aromatic heterocycles.